The number of benzene rings is 1. The van der Waals surface area contributed by atoms with Crippen LogP contribution in [0.1, 0.15) is 17.8 Å². The SMILES string of the molecule is CN(Cc1nc2ccccc2s1)CC1CCCN1. The van der Waals surface area contributed by atoms with Crippen LogP contribution in [0.15, 0.2) is 24.3 Å². The van der Waals surface area contributed by atoms with Gasteiger partial charge in [-0.3, -0.25) is 4.90 Å². The Labute approximate surface area is 112 Å². The molecule has 0 spiro atoms. The molecule has 96 valence electrons. The molecule has 1 aromatic carbocycles. The van der Waals surface area contributed by atoms with Crippen molar-refractivity contribution >= 4 is 21.6 Å². The molecule has 0 bridgehead atoms. The van der Waals surface area contributed by atoms with Crippen LogP contribution >= 0.6 is 11.3 Å². The van der Waals surface area contributed by atoms with Gasteiger partial charge in [0.15, 0.2) is 0 Å². The molecule has 1 aromatic heterocycles. The van der Waals surface area contributed by atoms with E-state index in [0.29, 0.717) is 6.04 Å². The van der Waals surface area contributed by atoms with Crippen LogP contribution in [0.2, 0.25) is 0 Å². The Morgan fingerprint density at radius 1 is 1.44 bits per heavy atom. The number of aromatic nitrogens is 1. The average molecular weight is 261 g/mol. The Morgan fingerprint density at radius 3 is 3.11 bits per heavy atom. The van der Waals surface area contributed by atoms with Gasteiger partial charge < -0.3 is 5.32 Å². The third-order valence-corrected chi connectivity index (χ3v) is 4.46. The molecule has 18 heavy (non-hydrogen) atoms. The number of hydrogen-bond donors (Lipinski definition) is 1. The maximum Gasteiger partial charge on any atom is 0.108 e. The predicted molar refractivity (Wildman–Crippen MR) is 77.0 cm³/mol. The van der Waals surface area contributed by atoms with Crippen molar-refractivity contribution in [2.24, 2.45) is 0 Å². The molecular weight excluding hydrogens is 242 g/mol. The fourth-order valence-electron chi connectivity index (χ4n) is 2.57. The van der Waals surface area contributed by atoms with Gasteiger partial charge in [-0.15, -0.1) is 11.3 Å². The molecule has 0 saturated carbocycles. The van der Waals surface area contributed by atoms with E-state index in [4.69, 9.17) is 0 Å². The summed E-state index contributed by atoms with van der Waals surface area (Å²) in [6, 6.07) is 9.04. The maximum atomic E-state index is 4.68. The molecule has 2 heterocycles. The molecule has 0 aliphatic carbocycles. The number of thiazole rings is 1. The summed E-state index contributed by atoms with van der Waals surface area (Å²) in [7, 11) is 2.19. The standard InChI is InChI=1S/C14H19N3S/c1-17(9-11-5-4-8-15-11)10-14-16-12-6-2-3-7-13(12)18-14/h2-3,6-7,11,15H,4-5,8-10H2,1H3. The molecule has 3 rings (SSSR count). The van der Waals surface area contributed by atoms with E-state index >= 15 is 0 Å². The Hall–Kier alpha value is -0.970. The Balaban J connectivity index is 1.64. The number of likely N-dealkylation sites (N-methyl/N-ethyl adjacent to an activating group) is 1. The highest BCUT2D eigenvalue weighted by Crippen LogP contribution is 2.22. The average Bonchev–Trinajstić information content (AvgIpc) is 2.96. The van der Waals surface area contributed by atoms with Gasteiger partial charge in [0.05, 0.1) is 16.8 Å². The Morgan fingerprint density at radius 2 is 2.33 bits per heavy atom. The molecule has 0 amide bonds. The van der Waals surface area contributed by atoms with Gasteiger partial charge in [0.25, 0.3) is 0 Å². The minimum Gasteiger partial charge on any atom is -0.313 e. The van der Waals surface area contributed by atoms with E-state index in [0.717, 1.165) is 18.6 Å². The van der Waals surface area contributed by atoms with Crippen molar-refractivity contribution in [3.63, 3.8) is 0 Å². The van der Waals surface area contributed by atoms with Gasteiger partial charge in [-0.25, -0.2) is 4.98 Å². The lowest BCUT2D eigenvalue weighted by atomic mass is 10.2. The third-order valence-electron chi connectivity index (χ3n) is 3.44. The maximum absolute atomic E-state index is 4.68. The summed E-state index contributed by atoms with van der Waals surface area (Å²) in [6.45, 7) is 3.26. The van der Waals surface area contributed by atoms with E-state index in [-0.39, 0.29) is 0 Å². The van der Waals surface area contributed by atoms with Crippen molar-refractivity contribution in [1.82, 2.24) is 15.2 Å². The number of rotatable bonds is 4. The molecule has 4 heteroatoms. The highest BCUT2D eigenvalue weighted by Gasteiger charge is 2.16. The quantitative estimate of drug-likeness (QED) is 0.916. The topological polar surface area (TPSA) is 28.2 Å². The number of para-hydroxylation sites is 1. The number of nitrogens with one attached hydrogen (secondary N) is 1. The summed E-state index contributed by atoms with van der Waals surface area (Å²) >= 11 is 1.81. The van der Waals surface area contributed by atoms with Crippen LogP contribution < -0.4 is 5.32 Å². The third kappa shape index (κ3) is 2.71. The summed E-state index contributed by atoms with van der Waals surface area (Å²) in [5.74, 6) is 0. The first-order chi connectivity index (χ1) is 8.81. The van der Waals surface area contributed by atoms with Crippen LogP contribution in [0.5, 0.6) is 0 Å². The molecule has 0 radical (unpaired) electrons. The van der Waals surface area contributed by atoms with Crippen LogP contribution in [-0.2, 0) is 6.54 Å². The summed E-state index contributed by atoms with van der Waals surface area (Å²) < 4.78 is 1.29. The highest BCUT2D eigenvalue weighted by atomic mass is 32.1. The molecule has 1 N–H and O–H groups in total. The van der Waals surface area contributed by atoms with Crippen LogP contribution in [0.4, 0.5) is 0 Å². The number of nitrogens with zero attached hydrogens (tertiary/aromatic N) is 2. The largest absolute Gasteiger partial charge is 0.313 e. The van der Waals surface area contributed by atoms with Crippen LogP contribution in [0.25, 0.3) is 10.2 Å². The van der Waals surface area contributed by atoms with E-state index in [1.54, 1.807) is 0 Å². The van der Waals surface area contributed by atoms with E-state index < -0.39 is 0 Å². The second-order valence-corrected chi connectivity index (χ2v) is 6.18. The molecule has 1 fully saturated rings. The Bertz CT molecular complexity index is 483. The monoisotopic (exact) mass is 261 g/mol. The Kier molecular flexibility index (Phi) is 3.59. The molecular formula is C14H19N3S. The fraction of sp³-hybridized carbons (Fsp3) is 0.500. The van der Waals surface area contributed by atoms with Gasteiger partial charge in [0.2, 0.25) is 0 Å². The van der Waals surface area contributed by atoms with E-state index in [2.05, 4.69) is 46.5 Å². The summed E-state index contributed by atoms with van der Waals surface area (Å²) in [5.41, 5.74) is 1.13. The van der Waals surface area contributed by atoms with Gasteiger partial charge in [-0.05, 0) is 38.6 Å². The molecule has 1 unspecified atom stereocenters. The molecule has 1 aliphatic rings. The molecule has 2 aromatic rings. The molecule has 1 aliphatic heterocycles. The van der Waals surface area contributed by atoms with Crippen molar-refractivity contribution in [2.75, 3.05) is 20.1 Å². The first-order valence-electron chi connectivity index (χ1n) is 6.57. The van der Waals surface area contributed by atoms with E-state index in [1.165, 1.54) is 29.1 Å². The van der Waals surface area contributed by atoms with Crippen molar-refractivity contribution in [2.45, 2.75) is 25.4 Å². The fourth-order valence-corrected chi connectivity index (χ4v) is 3.62. The first kappa shape index (κ1) is 12.1. The van der Waals surface area contributed by atoms with Crippen molar-refractivity contribution < 1.29 is 0 Å². The van der Waals surface area contributed by atoms with Gasteiger partial charge in [-0.1, -0.05) is 12.1 Å². The van der Waals surface area contributed by atoms with Crippen LogP contribution in [0, 0.1) is 0 Å². The summed E-state index contributed by atoms with van der Waals surface area (Å²) in [6.07, 6.45) is 2.63. The lowest BCUT2D eigenvalue weighted by Gasteiger charge is -2.19. The van der Waals surface area contributed by atoms with Crippen LogP contribution in [-0.4, -0.2) is 36.1 Å². The van der Waals surface area contributed by atoms with Crippen molar-refractivity contribution in [3.8, 4) is 0 Å². The van der Waals surface area contributed by atoms with Crippen molar-refractivity contribution in [1.29, 1.82) is 0 Å². The summed E-state index contributed by atoms with van der Waals surface area (Å²) in [4.78, 5) is 7.06. The van der Waals surface area contributed by atoms with Gasteiger partial charge >= 0.3 is 0 Å². The smallest absolute Gasteiger partial charge is 0.108 e. The lowest BCUT2D eigenvalue weighted by Crippen LogP contribution is -2.34. The molecule has 1 atom stereocenters. The number of fused-ring (bicyclic) bond motifs is 1. The number of hydrogen-bond acceptors (Lipinski definition) is 4. The van der Waals surface area contributed by atoms with Crippen LogP contribution in [0.3, 0.4) is 0 Å². The highest BCUT2D eigenvalue weighted by molar-refractivity contribution is 7.18. The van der Waals surface area contributed by atoms with Gasteiger partial charge in [-0.2, -0.15) is 0 Å². The van der Waals surface area contributed by atoms with E-state index in [9.17, 15) is 0 Å². The van der Waals surface area contributed by atoms with Gasteiger partial charge in [0, 0.05) is 12.6 Å². The zero-order valence-electron chi connectivity index (χ0n) is 10.7. The second-order valence-electron chi connectivity index (χ2n) is 5.07. The van der Waals surface area contributed by atoms with Crippen molar-refractivity contribution in [3.05, 3.63) is 29.3 Å². The minimum atomic E-state index is 0.671. The zero-order valence-corrected chi connectivity index (χ0v) is 11.5. The van der Waals surface area contributed by atoms with Gasteiger partial charge in [0.1, 0.15) is 5.01 Å². The summed E-state index contributed by atoms with van der Waals surface area (Å²) in [5, 5.41) is 4.76. The first-order valence-corrected chi connectivity index (χ1v) is 7.39. The second kappa shape index (κ2) is 5.34. The lowest BCUT2D eigenvalue weighted by molar-refractivity contribution is 0.293. The van der Waals surface area contributed by atoms with E-state index in [1.807, 2.05) is 11.3 Å². The zero-order chi connectivity index (χ0) is 12.4. The normalized spacial score (nSPS) is 20.0. The predicted octanol–water partition coefficient (Wildman–Crippen LogP) is 2.48. The minimum absolute atomic E-state index is 0.671. The molecule has 3 nitrogen and oxygen atoms in total. The molecule has 1 saturated heterocycles.